The van der Waals surface area contributed by atoms with E-state index in [0.29, 0.717) is 12.2 Å². The molecule has 0 fully saturated rings. The van der Waals surface area contributed by atoms with Crippen molar-refractivity contribution in [1.82, 2.24) is 15.1 Å². The third-order valence-electron chi connectivity index (χ3n) is 3.90. The second-order valence-corrected chi connectivity index (χ2v) is 5.91. The van der Waals surface area contributed by atoms with Crippen molar-refractivity contribution >= 4 is 5.91 Å². The van der Waals surface area contributed by atoms with Crippen molar-refractivity contribution in [2.24, 2.45) is 0 Å². The number of nitrogens with zero attached hydrogens (tertiary/aromatic N) is 2. The third-order valence-corrected chi connectivity index (χ3v) is 3.90. The van der Waals surface area contributed by atoms with Gasteiger partial charge < -0.3 is 5.32 Å². The number of rotatable bonds is 4. The summed E-state index contributed by atoms with van der Waals surface area (Å²) in [5, 5.41) is 7.02. The molecule has 0 aliphatic carbocycles. The number of nitrogens with one attached hydrogen (secondary N) is 1. The molecular formula is C20H19N3O2. The Kier molecular flexibility index (Phi) is 4.75. The second-order valence-electron chi connectivity index (χ2n) is 5.91. The quantitative estimate of drug-likeness (QED) is 0.798. The van der Waals surface area contributed by atoms with Gasteiger partial charge in [0.2, 0.25) is 5.43 Å². The van der Waals surface area contributed by atoms with Crippen LogP contribution in [0, 0.1) is 13.8 Å². The average molecular weight is 333 g/mol. The van der Waals surface area contributed by atoms with Crippen molar-refractivity contribution in [2.45, 2.75) is 20.4 Å². The van der Waals surface area contributed by atoms with Crippen LogP contribution in [-0.2, 0) is 6.54 Å². The second kappa shape index (κ2) is 7.13. The number of amides is 1. The largest absolute Gasteiger partial charge is 0.346 e. The van der Waals surface area contributed by atoms with Crippen molar-refractivity contribution in [1.29, 1.82) is 0 Å². The van der Waals surface area contributed by atoms with E-state index < -0.39 is 5.91 Å². The molecule has 3 rings (SSSR count). The minimum atomic E-state index is -0.477. The van der Waals surface area contributed by atoms with Crippen LogP contribution in [0.15, 0.2) is 65.5 Å². The first-order chi connectivity index (χ1) is 12.0. The molecule has 0 unspecified atom stereocenters. The molecular weight excluding hydrogens is 314 g/mol. The molecule has 0 saturated carbocycles. The van der Waals surface area contributed by atoms with E-state index in [-0.39, 0.29) is 11.1 Å². The predicted molar refractivity (Wildman–Crippen MR) is 96.9 cm³/mol. The fourth-order valence-corrected chi connectivity index (χ4v) is 2.51. The maximum Gasteiger partial charge on any atom is 0.276 e. The molecule has 5 heteroatoms. The summed E-state index contributed by atoms with van der Waals surface area (Å²) < 4.78 is 1.60. The highest BCUT2D eigenvalue weighted by Gasteiger charge is 2.15. The van der Waals surface area contributed by atoms with Gasteiger partial charge in [-0.05, 0) is 31.5 Å². The predicted octanol–water partition coefficient (Wildman–Crippen LogP) is 2.78. The van der Waals surface area contributed by atoms with Crippen molar-refractivity contribution in [2.75, 3.05) is 0 Å². The third kappa shape index (κ3) is 3.83. The Morgan fingerprint density at radius 1 is 1.04 bits per heavy atom. The molecule has 0 spiro atoms. The molecule has 0 aliphatic rings. The lowest BCUT2D eigenvalue weighted by Crippen LogP contribution is -2.31. The molecule has 0 atom stereocenters. The minimum Gasteiger partial charge on any atom is -0.346 e. The van der Waals surface area contributed by atoms with Gasteiger partial charge in [0.1, 0.15) is 0 Å². The van der Waals surface area contributed by atoms with E-state index in [9.17, 15) is 9.59 Å². The lowest BCUT2D eigenvalue weighted by molar-refractivity contribution is 0.0943. The summed E-state index contributed by atoms with van der Waals surface area (Å²) in [6, 6.07) is 18.7. The first-order valence-corrected chi connectivity index (χ1v) is 8.05. The van der Waals surface area contributed by atoms with Gasteiger partial charge >= 0.3 is 0 Å². The lowest BCUT2D eigenvalue weighted by Gasteiger charge is -2.11. The molecule has 0 radical (unpaired) electrons. The highest BCUT2D eigenvalue weighted by atomic mass is 16.2. The Morgan fingerprint density at radius 3 is 2.40 bits per heavy atom. The van der Waals surface area contributed by atoms with Crippen molar-refractivity contribution < 1.29 is 4.79 Å². The Labute approximate surface area is 145 Å². The first-order valence-electron chi connectivity index (χ1n) is 8.05. The van der Waals surface area contributed by atoms with Gasteiger partial charge in [-0.15, -0.1) is 0 Å². The Hall–Kier alpha value is -3.21. The molecule has 0 bridgehead atoms. The van der Waals surface area contributed by atoms with Gasteiger partial charge in [-0.3, -0.25) is 9.59 Å². The molecule has 0 saturated heterocycles. The standard InChI is InChI=1S/C20H19N3O2/c1-14-8-10-16(11-9-14)13-21-20(25)19-18(24)12-15(2)23(22-19)17-6-4-3-5-7-17/h3-12H,13H2,1-2H3,(H,21,25). The molecule has 1 amide bonds. The van der Waals surface area contributed by atoms with Gasteiger partial charge in [0, 0.05) is 18.3 Å². The van der Waals surface area contributed by atoms with E-state index >= 15 is 0 Å². The number of aromatic nitrogens is 2. The van der Waals surface area contributed by atoms with E-state index in [0.717, 1.165) is 16.8 Å². The van der Waals surface area contributed by atoms with E-state index in [1.54, 1.807) is 11.6 Å². The Morgan fingerprint density at radius 2 is 1.72 bits per heavy atom. The summed E-state index contributed by atoms with van der Waals surface area (Å²) in [6.45, 7) is 4.14. The van der Waals surface area contributed by atoms with Crippen LogP contribution in [0.5, 0.6) is 0 Å². The van der Waals surface area contributed by atoms with Crippen LogP contribution in [-0.4, -0.2) is 15.7 Å². The van der Waals surface area contributed by atoms with Gasteiger partial charge in [-0.2, -0.15) is 5.10 Å². The normalized spacial score (nSPS) is 10.5. The summed E-state index contributed by atoms with van der Waals surface area (Å²) in [5.41, 5.74) is 3.10. The highest BCUT2D eigenvalue weighted by molar-refractivity contribution is 5.92. The number of hydrogen-bond acceptors (Lipinski definition) is 3. The molecule has 0 aliphatic heterocycles. The molecule has 1 heterocycles. The molecule has 3 aromatic rings. The van der Waals surface area contributed by atoms with Crippen LogP contribution in [0.2, 0.25) is 0 Å². The lowest BCUT2D eigenvalue weighted by atomic mass is 10.1. The maximum absolute atomic E-state index is 12.4. The molecule has 1 N–H and O–H groups in total. The molecule has 126 valence electrons. The average Bonchev–Trinajstić information content (AvgIpc) is 2.62. The topological polar surface area (TPSA) is 64.0 Å². The summed E-state index contributed by atoms with van der Waals surface area (Å²) >= 11 is 0. The molecule has 2 aromatic carbocycles. The van der Waals surface area contributed by atoms with Crippen LogP contribution in [0.4, 0.5) is 0 Å². The Balaban J connectivity index is 1.85. The SMILES string of the molecule is Cc1ccc(CNC(=O)c2nn(-c3ccccc3)c(C)cc2=O)cc1. The zero-order valence-corrected chi connectivity index (χ0v) is 14.2. The van der Waals surface area contributed by atoms with Crippen LogP contribution < -0.4 is 10.7 Å². The molecule has 1 aromatic heterocycles. The van der Waals surface area contributed by atoms with E-state index in [1.807, 2.05) is 61.5 Å². The fraction of sp³-hybridized carbons (Fsp3) is 0.150. The van der Waals surface area contributed by atoms with Crippen LogP contribution in [0.3, 0.4) is 0 Å². The zero-order chi connectivity index (χ0) is 17.8. The number of para-hydroxylation sites is 1. The monoisotopic (exact) mass is 333 g/mol. The molecule has 5 nitrogen and oxygen atoms in total. The fourth-order valence-electron chi connectivity index (χ4n) is 2.51. The minimum absolute atomic E-state index is 0.110. The van der Waals surface area contributed by atoms with Crippen LogP contribution >= 0.6 is 0 Å². The Bertz CT molecular complexity index is 945. The van der Waals surface area contributed by atoms with Crippen molar-refractivity contribution in [3.05, 3.63) is 93.4 Å². The van der Waals surface area contributed by atoms with Gasteiger partial charge in [-0.1, -0.05) is 48.0 Å². The number of hydrogen-bond donors (Lipinski definition) is 1. The van der Waals surface area contributed by atoms with E-state index in [2.05, 4.69) is 10.4 Å². The first kappa shape index (κ1) is 16.6. The van der Waals surface area contributed by atoms with Crippen LogP contribution in [0.25, 0.3) is 5.69 Å². The van der Waals surface area contributed by atoms with Gasteiger partial charge in [-0.25, -0.2) is 4.68 Å². The van der Waals surface area contributed by atoms with E-state index in [4.69, 9.17) is 0 Å². The summed E-state index contributed by atoms with van der Waals surface area (Å²) in [4.78, 5) is 24.6. The summed E-state index contributed by atoms with van der Waals surface area (Å²) in [5.74, 6) is -0.477. The zero-order valence-electron chi connectivity index (χ0n) is 14.2. The van der Waals surface area contributed by atoms with Crippen LogP contribution in [0.1, 0.15) is 27.3 Å². The summed E-state index contributed by atoms with van der Waals surface area (Å²) in [7, 11) is 0. The smallest absolute Gasteiger partial charge is 0.276 e. The van der Waals surface area contributed by atoms with Gasteiger partial charge in [0.25, 0.3) is 5.91 Å². The van der Waals surface area contributed by atoms with Crippen molar-refractivity contribution in [3.8, 4) is 5.69 Å². The van der Waals surface area contributed by atoms with Gasteiger partial charge in [0.15, 0.2) is 5.69 Å². The number of carbonyl (C=O) groups is 1. The number of benzene rings is 2. The van der Waals surface area contributed by atoms with Crippen molar-refractivity contribution in [3.63, 3.8) is 0 Å². The molecule has 25 heavy (non-hydrogen) atoms. The number of aryl methyl sites for hydroxylation is 2. The maximum atomic E-state index is 12.4. The van der Waals surface area contributed by atoms with Gasteiger partial charge in [0.05, 0.1) is 5.69 Å². The summed E-state index contributed by atoms with van der Waals surface area (Å²) in [6.07, 6.45) is 0. The van der Waals surface area contributed by atoms with E-state index in [1.165, 1.54) is 6.07 Å². The number of carbonyl (C=O) groups excluding carboxylic acids is 1. The highest BCUT2D eigenvalue weighted by Crippen LogP contribution is 2.08.